The average molecular weight is 262 g/mol. The summed E-state index contributed by atoms with van der Waals surface area (Å²) in [4.78, 5) is 2.22. The lowest BCUT2D eigenvalue weighted by molar-refractivity contribution is 0.306. The largest absolute Gasteiger partial charge is 0.495 e. The second-order valence-corrected chi connectivity index (χ2v) is 5.61. The highest BCUT2D eigenvalue weighted by molar-refractivity contribution is 5.57. The summed E-state index contributed by atoms with van der Waals surface area (Å²) in [6, 6.07) is 8.39. The van der Waals surface area contributed by atoms with Gasteiger partial charge in [0.25, 0.3) is 0 Å². The molecule has 1 aromatic carbocycles. The van der Waals surface area contributed by atoms with Gasteiger partial charge < -0.3 is 15.4 Å². The Labute approximate surface area is 116 Å². The van der Waals surface area contributed by atoms with Crippen LogP contribution in [0.4, 0.5) is 5.69 Å². The second-order valence-electron chi connectivity index (χ2n) is 5.61. The molecule has 3 heteroatoms. The van der Waals surface area contributed by atoms with Crippen LogP contribution in [0.25, 0.3) is 0 Å². The van der Waals surface area contributed by atoms with E-state index in [0.717, 1.165) is 18.0 Å². The van der Waals surface area contributed by atoms with Gasteiger partial charge in [-0.2, -0.15) is 0 Å². The molecule has 0 bridgehead atoms. The van der Waals surface area contributed by atoms with Crippen molar-refractivity contribution < 1.29 is 4.74 Å². The quantitative estimate of drug-likeness (QED) is 0.886. The fourth-order valence-corrected chi connectivity index (χ4v) is 3.07. The van der Waals surface area contributed by atoms with Crippen molar-refractivity contribution in [1.29, 1.82) is 0 Å². The summed E-state index contributed by atoms with van der Waals surface area (Å²) < 4.78 is 5.41. The standard InChI is InChI=1S/C16H26N2O/c1-18(15-10-6-7-11-16(15)19-2)12-14(17)13-8-4-3-5-9-13/h6-7,10-11,13-14H,3-5,8-9,12,17H2,1-2H3. The van der Waals surface area contributed by atoms with E-state index in [4.69, 9.17) is 10.5 Å². The smallest absolute Gasteiger partial charge is 0.142 e. The molecule has 3 nitrogen and oxygen atoms in total. The molecule has 1 aliphatic carbocycles. The van der Waals surface area contributed by atoms with Gasteiger partial charge in [0.1, 0.15) is 5.75 Å². The number of anilines is 1. The summed E-state index contributed by atoms with van der Waals surface area (Å²) in [7, 11) is 3.81. The minimum Gasteiger partial charge on any atom is -0.495 e. The first-order valence-electron chi connectivity index (χ1n) is 7.32. The molecule has 0 aliphatic heterocycles. The average Bonchev–Trinajstić information content (AvgIpc) is 2.48. The molecule has 0 aromatic heterocycles. The molecule has 0 saturated heterocycles. The van der Waals surface area contributed by atoms with Crippen LogP contribution in [0, 0.1) is 5.92 Å². The third-order valence-electron chi connectivity index (χ3n) is 4.24. The zero-order chi connectivity index (χ0) is 13.7. The number of benzene rings is 1. The van der Waals surface area contributed by atoms with Crippen LogP contribution >= 0.6 is 0 Å². The number of hydrogen-bond donors (Lipinski definition) is 1. The number of nitrogens with zero attached hydrogens (tertiary/aromatic N) is 1. The van der Waals surface area contributed by atoms with Gasteiger partial charge in [-0.25, -0.2) is 0 Å². The molecular weight excluding hydrogens is 236 g/mol. The van der Waals surface area contributed by atoms with Gasteiger partial charge in [0, 0.05) is 19.6 Å². The number of rotatable bonds is 5. The Bertz CT molecular complexity index is 388. The highest BCUT2D eigenvalue weighted by Gasteiger charge is 2.22. The Morgan fingerprint density at radius 1 is 1.26 bits per heavy atom. The molecule has 0 spiro atoms. The first kappa shape index (κ1) is 14.2. The molecule has 1 aliphatic rings. The number of para-hydroxylation sites is 2. The molecule has 106 valence electrons. The third kappa shape index (κ3) is 3.63. The van der Waals surface area contributed by atoms with E-state index in [1.54, 1.807) is 7.11 Å². The Balaban J connectivity index is 1.97. The van der Waals surface area contributed by atoms with E-state index in [9.17, 15) is 0 Å². The molecule has 2 N–H and O–H groups in total. The van der Waals surface area contributed by atoms with Crippen LogP contribution in [0.5, 0.6) is 5.75 Å². The maximum Gasteiger partial charge on any atom is 0.142 e. The molecular formula is C16H26N2O. The number of likely N-dealkylation sites (N-methyl/N-ethyl adjacent to an activating group) is 1. The zero-order valence-electron chi connectivity index (χ0n) is 12.1. The predicted octanol–water partition coefficient (Wildman–Crippen LogP) is 3.04. The minimum atomic E-state index is 0.259. The van der Waals surface area contributed by atoms with Gasteiger partial charge in [-0.3, -0.25) is 0 Å². The van der Waals surface area contributed by atoms with Crippen molar-refractivity contribution in [2.24, 2.45) is 11.7 Å². The van der Waals surface area contributed by atoms with Crippen molar-refractivity contribution in [3.8, 4) is 5.75 Å². The first-order chi connectivity index (χ1) is 9.22. The summed E-state index contributed by atoms with van der Waals surface area (Å²) >= 11 is 0. The van der Waals surface area contributed by atoms with E-state index in [1.165, 1.54) is 32.1 Å². The molecule has 1 atom stereocenters. The van der Waals surface area contributed by atoms with E-state index in [1.807, 2.05) is 18.2 Å². The third-order valence-corrected chi connectivity index (χ3v) is 4.24. The fraction of sp³-hybridized carbons (Fsp3) is 0.625. The number of nitrogens with two attached hydrogens (primary N) is 1. The van der Waals surface area contributed by atoms with Crippen molar-refractivity contribution in [2.75, 3.05) is 25.6 Å². The van der Waals surface area contributed by atoms with Crippen molar-refractivity contribution in [3.63, 3.8) is 0 Å². The number of methoxy groups -OCH3 is 1. The molecule has 1 fully saturated rings. The van der Waals surface area contributed by atoms with Crippen molar-refractivity contribution in [1.82, 2.24) is 0 Å². The van der Waals surface area contributed by atoms with Gasteiger partial charge in [0.2, 0.25) is 0 Å². The summed E-state index contributed by atoms with van der Waals surface area (Å²) in [6.07, 6.45) is 6.65. The lowest BCUT2D eigenvalue weighted by Crippen LogP contribution is -2.41. The Kier molecular flexibility index (Phi) is 5.08. The SMILES string of the molecule is COc1ccccc1N(C)CC(N)C1CCCCC1. The molecule has 1 saturated carbocycles. The van der Waals surface area contributed by atoms with Gasteiger partial charge in [0.05, 0.1) is 12.8 Å². The van der Waals surface area contributed by atoms with Gasteiger partial charge in [0.15, 0.2) is 0 Å². The van der Waals surface area contributed by atoms with Crippen LogP contribution in [0.15, 0.2) is 24.3 Å². The van der Waals surface area contributed by atoms with Crippen LogP contribution in [0.1, 0.15) is 32.1 Å². The number of ether oxygens (including phenoxy) is 1. The van der Waals surface area contributed by atoms with E-state index < -0.39 is 0 Å². The lowest BCUT2D eigenvalue weighted by atomic mass is 9.84. The van der Waals surface area contributed by atoms with Crippen molar-refractivity contribution >= 4 is 5.69 Å². The molecule has 1 unspecified atom stereocenters. The van der Waals surface area contributed by atoms with Crippen LogP contribution in [0.3, 0.4) is 0 Å². The second kappa shape index (κ2) is 6.80. The Hall–Kier alpha value is -1.22. The predicted molar refractivity (Wildman–Crippen MR) is 80.8 cm³/mol. The summed E-state index contributed by atoms with van der Waals surface area (Å²) in [5, 5.41) is 0. The molecule has 2 rings (SSSR count). The van der Waals surface area contributed by atoms with Crippen LogP contribution in [0.2, 0.25) is 0 Å². The van der Waals surface area contributed by atoms with Crippen LogP contribution in [-0.4, -0.2) is 26.7 Å². The molecule has 0 heterocycles. The fourth-order valence-electron chi connectivity index (χ4n) is 3.07. The van der Waals surface area contributed by atoms with Gasteiger partial charge in [-0.05, 0) is 30.9 Å². The summed E-state index contributed by atoms with van der Waals surface area (Å²) in [6.45, 7) is 0.894. The van der Waals surface area contributed by atoms with Gasteiger partial charge >= 0.3 is 0 Å². The van der Waals surface area contributed by atoms with Crippen molar-refractivity contribution in [2.45, 2.75) is 38.1 Å². The van der Waals surface area contributed by atoms with Crippen molar-refractivity contribution in [3.05, 3.63) is 24.3 Å². The lowest BCUT2D eigenvalue weighted by Gasteiger charge is -2.31. The monoisotopic (exact) mass is 262 g/mol. The van der Waals surface area contributed by atoms with Crippen LogP contribution in [-0.2, 0) is 0 Å². The van der Waals surface area contributed by atoms with E-state index in [2.05, 4.69) is 18.0 Å². The minimum absolute atomic E-state index is 0.259. The maximum absolute atomic E-state index is 6.40. The first-order valence-corrected chi connectivity index (χ1v) is 7.32. The topological polar surface area (TPSA) is 38.5 Å². The maximum atomic E-state index is 6.40. The molecule has 0 radical (unpaired) electrons. The summed E-state index contributed by atoms with van der Waals surface area (Å²) in [5.41, 5.74) is 7.52. The molecule has 1 aromatic rings. The molecule has 19 heavy (non-hydrogen) atoms. The highest BCUT2D eigenvalue weighted by atomic mass is 16.5. The normalized spacial score (nSPS) is 18.1. The van der Waals surface area contributed by atoms with E-state index in [-0.39, 0.29) is 6.04 Å². The van der Waals surface area contributed by atoms with Crippen LogP contribution < -0.4 is 15.4 Å². The summed E-state index contributed by atoms with van der Waals surface area (Å²) in [5.74, 6) is 1.60. The zero-order valence-corrected chi connectivity index (χ0v) is 12.1. The molecule has 0 amide bonds. The number of hydrogen-bond acceptors (Lipinski definition) is 3. The van der Waals surface area contributed by atoms with Gasteiger partial charge in [-0.15, -0.1) is 0 Å². The van der Waals surface area contributed by atoms with Gasteiger partial charge in [-0.1, -0.05) is 31.4 Å². The van der Waals surface area contributed by atoms with E-state index in [0.29, 0.717) is 5.92 Å². The Morgan fingerprint density at radius 3 is 2.63 bits per heavy atom. The Morgan fingerprint density at radius 2 is 1.95 bits per heavy atom. The van der Waals surface area contributed by atoms with E-state index >= 15 is 0 Å². The highest BCUT2D eigenvalue weighted by Crippen LogP contribution is 2.29.